The zero-order valence-electron chi connectivity index (χ0n) is 17.7. The van der Waals surface area contributed by atoms with Crippen molar-refractivity contribution in [2.45, 2.75) is 13.1 Å². The molecular formula is C26H28ClN3O. The first-order valence-electron chi connectivity index (χ1n) is 10.8. The van der Waals surface area contributed by atoms with E-state index in [4.69, 9.17) is 11.6 Å². The molecule has 0 aromatic heterocycles. The molecule has 0 unspecified atom stereocenters. The summed E-state index contributed by atoms with van der Waals surface area (Å²) in [5, 5.41) is 0.698. The zero-order chi connectivity index (χ0) is 21.5. The van der Waals surface area contributed by atoms with E-state index in [0.717, 1.165) is 38.4 Å². The molecule has 1 aliphatic heterocycles. The van der Waals surface area contributed by atoms with Crippen LogP contribution in [0.15, 0.2) is 84.9 Å². The minimum atomic E-state index is 0.172. The number of nitrogens with zero attached hydrogens (tertiary/aromatic N) is 3. The lowest BCUT2D eigenvalue weighted by Gasteiger charge is -2.36. The Morgan fingerprint density at radius 2 is 1.35 bits per heavy atom. The number of carbonyl (C=O) groups excluding carboxylic acids is 1. The molecule has 1 fully saturated rings. The lowest BCUT2D eigenvalue weighted by Crippen LogP contribution is -2.50. The minimum Gasteiger partial charge on any atom is -0.358 e. The number of anilines is 1. The molecule has 0 bridgehead atoms. The van der Waals surface area contributed by atoms with Crippen LogP contribution in [0.4, 0.5) is 5.69 Å². The van der Waals surface area contributed by atoms with Crippen molar-refractivity contribution in [1.29, 1.82) is 0 Å². The SMILES string of the molecule is O=C(CN(Cc1ccccc1)c1ccc(Cl)cc1)N1CCN(Cc2ccccc2)CC1. The smallest absolute Gasteiger partial charge is 0.242 e. The van der Waals surface area contributed by atoms with Crippen LogP contribution in [-0.2, 0) is 17.9 Å². The molecule has 0 atom stereocenters. The van der Waals surface area contributed by atoms with E-state index in [9.17, 15) is 4.79 Å². The fourth-order valence-electron chi connectivity index (χ4n) is 3.95. The highest BCUT2D eigenvalue weighted by Crippen LogP contribution is 2.21. The summed E-state index contributed by atoms with van der Waals surface area (Å²) >= 11 is 6.08. The van der Waals surface area contributed by atoms with Gasteiger partial charge < -0.3 is 9.80 Å². The van der Waals surface area contributed by atoms with E-state index in [0.29, 0.717) is 18.1 Å². The number of hydrogen-bond acceptors (Lipinski definition) is 3. The van der Waals surface area contributed by atoms with Gasteiger partial charge in [0.1, 0.15) is 0 Å². The van der Waals surface area contributed by atoms with Gasteiger partial charge in [0, 0.05) is 50.0 Å². The normalized spacial score (nSPS) is 14.4. The third-order valence-corrected chi connectivity index (χ3v) is 5.96. The summed E-state index contributed by atoms with van der Waals surface area (Å²) in [5.74, 6) is 0.172. The Labute approximate surface area is 189 Å². The summed E-state index contributed by atoms with van der Waals surface area (Å²) in [7, 11) is 0. The molecule has 0 aliphatic carbocycles. The van der Waals surface area contributed by atoms with Gasteiger partial charge in [-0.3, -0.25) is 9.69 Å². The summed E-state index contributed by atoms with van der Waals surface area (Å²) in [6, 6.07) is 28.5. The molecule has 3 aromatic carbocycles. The summed E-state index contributed by atoms with van der Waals surface area (Å²) in [6.07, 6.45) is 0. The molecule has 1 heterocycles. The summed E-state index contributed by atoms with van der Waals surface area (Å²) < 4.78 is 0. The largest absolute Gasteiger partial charge is 0.358 e. The molecule has 0 radical (unpaired) electrons. The Morgan fingerprint density at radius 3 is 1.97 bits per heavy atom. The van der Waals surface area contributed by atoms with Gasteiger partial charge in [0.2, 0.25) is 5.91 Å². The van der Waals surface area contributed by atoms with Crippen molar-refractivity contribution in [3.05, 3.63) is 101 Å². The van der Waals surface area contributed by atoms with Crippen LogP contribution >= 0.6 is 11.6 Å². The van der Waals surface area contributed by atoms with Gasteiger partial charge in [-0.2, -0.15) is 0 Å². The van der Waals surface area contributed by atoms with Crippen LogP contribution in [0.25, 0.3) is 0 Å². The van der Waals surface area contributed by atoms with E-state index >= 15 is 0 Å². The zero-order valence-corrected chi connectivity index (χ0v) is 18.4. The fraction of sp³-hybridized carbons (Fsp3) is 0.269. The van der Waals surface area contributed by atoms with Gasteiger partial charge in [-0.05, 0) is 35.4 Å². The minimum absolute atomic E-state index is 0.172. The lowest BCUT2D eigenvalue weighted by molar-refractivity contribution is -0.131. The second-order valence-electron chi connectivity index (χ2n) is 7.96. The van der Waals surface area contributed by atoms with Crippen LogP contribution in [0.5, 0.6) is 0 Å². The average molecular weight is 434 g/mol. The maximum atomic E-state index is 13.1. The molecule has 4 rings (SSSR count). The second-order valence-corrected chi connectivity index (χ2v) is 8.40. The van der Waals surface area contributed by atoms with E-state index < -0.39 is 0 Å². The number of halogens is 1. The van der Waals surface area contributed by atoms with Crippen molar-refractivity contribution < 1.29 is 4.79 Å². The predicted molar refractivity (Wildman–Crippen MR) is 127 cm³/mol. The van der Waals surface area contributed by atoms with Crippen LogP contribution in [-0.4, -0.2) is 48.4 Å². The van der Waals surface area contributed by atoms with Crippen LogP contribution in [0.2, 0.25) is 5.02 Å². The van der Waals surface area contributed by atoms with Crippen LogP contribution in [0.3, 0.4) is 0 Å². The quantitative estimate of drug-likeness (QED) is 0.540. The van der Waals surface area contributed by atoms with E-state index in [1.165, 1.54) is 11.1 Å². The fourth-order valence-corrected chi connectivity index (χ4v) is 4.08. The molecular weight excluding hydrogens is 406 g/mol. The molecule has 31 heavy (non-hydrogen) atoms. The molecule has 1 amide bonds. The van der Waals surface area contributed by atoms with E-state index in [1.54, 1.807) is 0 Å². The third-order valence-electron chi connectivity index (χ3n) is 5.71. The van der Waals surface area contributed by atoms with E-state index in [-0.39, 0.29) is 5.91 Å². The molecule has 1 saturated heterocycles. The Kier molecular flexibility index (Phi) is 7.23. The molecule has 0 spiro atoms. The van der Waals surface area contributed by atoms with Gasteiger partial charge >= 0.3 is 0 Å². The summed E-state index contributed by atoms with van der Waals surface area (Å²) in [6.45, 7) is 5.32. The van der Waals surface area contributed by atoms with Crippen LogP contribution in [0.1, 0.15) is 11.1 Å². The van der Waals surface area contributed by atoms with Crippen molar-refractivity contribution in [3.8, 4) is 0 Å². The van der Waals surface area contributed by atoms with Crippen LogP contribution < -0.4 is 4.90 Å². The Morgan fingerprint density at radius 1 is 0.774 bits per heavy atom. The van der Waals surface area contributed by atoms with Gasteiger partial charge in [0.15, 0.2) is 0 Å². The maximum Gasteiger partial charge on any atom is 0.242 e. The number of amides is 1. The van der Waals surface area contributed by atoms with Crippen molar-refractivity contribution in [3.63, 3.8) is 0 Å². The van der Waals surface area contributed by atoms with Gasteiger partial charge in [0.25, 0.3) is 0 Å². The molecule has 3 aromatic rings. The van der Waals surface area contributed by atoms with Gasteiger partial charge in [-0.1, -0.05) is 72.3 Å². The molecule has 4 nitrogen and oxygen atoms in total. The Balaban J connectivity index is 1.37. The highest BCUT2D eigenvalue weighted by molar-refractivity contribution is 6.30. The van der Waals surface area contributed by atoms with Crippen LogP contribution in [0, 0.1) is 0 Å². The van der Waals surface area contributed by atoms with E-state index in [2.05, 4.69) is 46.2 Å². The monoisotopic (exact) mass is 433 g/mol. The van der Waals surface area contributed by atoms with Crippen molar-refractivity contribution >= 4 is 23.2 Å². The highest BCUT2D eigenvalue weighted by Gasteiger charge is 2.23. The molecule has 160 valence electrons. The molecule has 0 N–H and O–H groups in total. The van der Waals surface area contributed by atoms with Crippen molar-refractivity contribution in [2.24, 2.45) is 0 Å². The lowest BCUT2D eigenvalue weighted by atomic mass is 10.2. The maximum absolute atomic E-state index is 13.1. The molecule has 0 saturated carbocycles. The summed E-state index contributed by atoms with van der Waals surface area (Å²) in [4.78, 5) is 19.7. The first-order chi connectivity index (χ1) is 15.2. The van der Waals surface area contributed by atoms with Gasteiger partial charge in [-0.25, -0.2) is 0 Å². The average Bonchev–Trinajstić information content (AvgIpc) is 2.81. The third kappa shape index (κ3) is 6.09. The molecule has 1 aliphatic rings. The topological polar surface area (TPSA) is 26.8 Å². The Hall–Kier alpha value is -2.82. The van der Waals surface area contributed by atoms with Gasteiger partial charge in [0.05, 0.1) is 6.54 Å². The summed E-state index contributed by atoms with van der Waals surface area (Å²) in [5.41, 5.74) is 3.50. The predicted octanol–water partition coefficient (Wildman–Crippen LogP) is 4.69. The van der Waals surface area contributed by atoms with Crippen molar-refractivity contribution in [1.82, 2.24) is 9.80 Å². The number of piperazine rings is 1. The number of benzene rings is 3. The first kappa shape index (κ1) is 21.4. The Bertz CT molecular complexity index is 955. The molecule has 5 heteroatoms. The van der Waals surface area contributed by atoms with E-state index in [1.807, 2.05) is 53.4 Å². The van der Waals surface area contributed by atoms with Gasteiger partial charge in [-0.15, -0.1) is 0 Å². The second kappa shape index (κ2) is 10.5. The van der Waals surface area contributed by atoms with Crippen molar-refractivity contribution in [2.75, 3.05) is 37.6 Å². The highest BCUT2D eigenvalue weighted by atomic mass is 35.5. The number of rotatable bonds is 7. The standard InChI is InChI=1S/C26H28ClN3O/c27-24-11-13-25(14-12-24)30(20-23-9-5-2-6-10-23)21-26(31)29-17-15-28(16-18-29)19-22-7-3-1-4-8-22/h1-14H,15-21H2. The number of hydrogen-bond donors (Lipinski definition) is 0. The first-order valence-corrected chi connectivity index (χ1v) is 11.1. The number of carbonyl (C=O) groups is 1.